The van der Waals surface area contributed by atoms with Crippen LogP contribution in [-0.2, 0) is 33.9 Å². The Morgan fingerprint density at radius 1 is 0.655 bits per heavy atom. The van der Waals surface area contributed by atoms with Gasteiger partial charge in [-0.3, -0.25) is 0 Å². The number of aldehydes is 1. The molecular weight excluding hydrogens is 470 g/mol. The third-order valence-electron chi connectivity index (χ3n) is 5.50. The standard InChI is InChI=1S/C24H23O3P.Rh/c1-19(26)24(18-25,20(2)27)28(21-12-6-3-7-13-21,22-14-8-4-9-15-22)23-16-10-5-11-17-23;/h3-18,28H,1-2H3;. The summed E-state index contributed by atoms with van der Waals surface area (Å²) in [5.41, 5.74) is 0. The summed E-state index contributed by atoms with van der Waals surface area (Å²) >= 11 is 0. The molecule has 0 N–H and O–H groups in total. The minimum atomic E-state index is -3.40. The van der Waals surface area contributed by atoms with Crippen LogP contribution in [0.2, 0.25) is 0 Å². The molecule has 0 spiro atoms. The van der Waals surface area contributed by atoms with E-state index in [-0.39, 0.29) is 19.5 Å². The maximum absolute atomic E-state index is 13.1. The van der Waals surface area contributed by atoms with Crippen LogP contribution in [0, 0.1) is 0 Å². The number of carbonyl (C=O) groups is 3. The van der Waals surface area contributed by atoms with Gasteiger partial charge in [-0.2, -0.15) is 0 Å². The molecule has 151 valence electrons. The summed E-state index contributed by atoms with van der Waals surface area (Å²) < 4.78 is 0. The van der Waals surface area contributed by atoms with Gasteiger partial charge in [-0.1, -0.05) is 0 Å². The van der Waals surface area contributed by atoms with E-state index < -0.39 is 24.0 Å². The Morgan fingerprint density at radius 2 is 0.931 bits per heavy atom. The molecule has 0 fully saturated rings. The fraction of sp³-hybridized carbons (Fsp3) is 0.125. The largest absolute Gasteiger partial charge is 0 e. The summed E-state index contributed by atoms with van der Waals surface area (Å²) in [6.07, 6.45) is 0.594. The molecule has 0 aliphatic rings. The normalized spacial score (nSPS) is 11.8. The minimum absolute atomic E-state index is 0. The van der Waals surface area contributed by atoms with Gasteiger partial charge < -0.3 is 0 Å². The molecule has 0 saturated carbocycles. The molecule has 0 atom stereocenters. The summed E-state index contributed by atoms with van der Waals surface area (Å²) in [6.45, 7) is 2.71. The van der Waals surface area contributed by atoms with E-state index in [0.29, 0.717) is 6.29 Å². The van der Waals surface area contributed by atoms with Crippen molar-refractivity contribution in [1.29, 1.82) is 0 Å². The van der Waals surface area contributed by atoms with Gasteiger partial charge in [0.05, 0.1) is 0 Å². The second-order valence-corrected chi connectivity index (χ2v) is 10.9. The van der Waals surface area contributed by atoms with E-state index in [1.165, 1.54) is 13.8 Å². The molecule has 3 rings (SSSR count). The molecule has 3 aromatic carbocycles. The number of Topliss-reactive ketones (excluding diaryl/α,β-unsaturated/α-hetero) is 2. The number of benzene rings is 3. The Labute approximate surface area is 184 Å². The maximum Gasteiger partial charge on any atom is 0 e. The van der Waals surface area contributed by atoms with Crippen molar-refractivity contribution in [2.75, 3.05) is 0 Å². The SMILES string of the molecule is CC(=O)C(C=O)(C(C)=O)[PH](c1ccccc1)(c1ccccc1)c1ccccc1.[Rh]. The summed E-state index contributed by atoms with van der Waals surface area (Å²) in [5, 5.41) is 0.802. The zero-order valence-corrected chi connectivity index (χ0v) is 18.9. The van der Waals surface area contributed by atoms with Crippen molar-refractivity contribution in [2.45, 2.75) is 19.0 Å². The Balaban J connectivity index is 0.00000300. The van der Waals surface area contributed by atoms with Crippen LogP contribution in [0.5, 0.6) is 0 Å². The number of carbonyl (C=O) groups excluding carboxylic acids is 3. The van der Waals surface area contributed by atoms with Crippen molar-refractivity contribution in [3.8, 4) is 0 Å². The minimum Gasteiger partial charge on any atom is 0 e. The molecule has 0 aliphatic heterocycles. The first-order valence-corrected chi connectivity index (χ1v) is 11.2. The Bertz CT molecular complexity index is 878. The fourth-order valence-electron chi connectivity index (χ4n) is 4.28. The van der Waals surface area contributed by atoms with E-state index >= 15 is 0 Å². The average Bonchev–Trinajstić information content (AvgIpc) is 2.73. The van der Waals surface area contributed by atoms with Gasteiger partial charge in [0.1, 0.15) is 0 Å². The Kier molecular flexibility index (Phi) is 7.52. The van der Waals surface area contributed by atoms with Crippen molar-refractivity contribution in [2.24, 2.45) is 0 Å². The number of ketones is 2. The number of rotatable bonds is 7. The van der Waals surface area contributed by atoms with Crippen LogP contribution in [0.3, 0.4) is 0 Å². The van der Waals surface area contributed by atoms with Crippen molar-refractivity contribution in [3.05, 3.63) is 91.0 Å². The van der Waals surface area contributed by atoms with Crippen LogP contribution >= 0.6 is 7.26 Å². The zero-order valence-electron chi connectivity index (χ0n) is 16.3. The Morgan fingerprint density at radius 3 is 1.14 bits per heavy atom. The van der Waals surface area contributed by atoms with Gasteiger partial charge in [-0.25, -0.2) is 0 Å². The second kappa shape index (κ2) is 9.48. The van der Waals surface area contributed by atoms with Crippen LogP contribution in [0.1, 0.15) is 13.8 Å². The molecule has 1 radical (unpaired) electrons. The van der Waals surface area contributed by atoms with Gasteiger partial charge in [0.2, 0.25) is 0 Å². The smallest absolute Gasteiger partial charge is 0 e. The summed E-state index contributed by atoms with van der Waals surface area (Å²) in [6, 6.07) is 28.6. The molecule has 0 amide bonds. The molecule has 3 aromatic rings. The summed E-state index contributed by atoms with van der Waals surface area (Å²) in [7, 11) is -3.40. The van der Waals surface area contributed by atoms with E-state index in [0.717, 1.165) is 15.9 Å². The maximum atomic E-state index is 13.1. The predicted octanol–water partition coefficient (Wildman–Crippen LogP) is 2.83. The first kappa shape index (κ1) is 23.0. The second-order valence-electron chi connectivity index (χ2n) is 6.89. The van der Waals surface area contributed by atoms with Crippen LogP contribution in [0.4, 0.5) is 0 Å². The van der Waals surface area contributed by atoms with Crippen LogP contribution in [0.15, 0.2) is 91.0 Å². The fourth-order valence-corrected chi connectivity index (χ4v) is 9.95. The van der Waals surface area contributed by atoms with Crippen LogP contribution < -0.4 is 15.9 Å². The first-order chi connectivity index (χ1) is 13.5. The molecule has 5 heteroatoms. The Hall–Kier alpha value is -2.28. The summed E-state index contributed by atoms with van der Waals surface area (Å²) in [4.78, 5) is 38.8. The average molecular weight is 493 g/mol. The summed E-state index contributed by atoms with van der Waals surface area (Å²) in [5.74, 6) is -0.837. The molecule has 0 aromatic heterocycles. The van der Waals surface area contributed by atoms with E-state index in [2.05, 4.69) is 0 Å². The predicted molar refractivity (Wildman–Crippen MR) is 117 cm³/mol. The van der Waals surface area contributed by atoms with Crippen molar-refractivity contribution < 1.29 is 33.9 Å². The molecule has 0 saturated heterocycles. The van der Waals surface area contributed by atoms with Crippen molar-refractivity contribution in [1.82, 2.24) is 0 Å². The monoisotopic (exact) mass is 493 g/mol. The topological polar surface area (TPSA) is 51.2 Å². The van der Waals surface area contributed by atoms with Gasteiger partial charge in [-0.15, -0.1) is 0 Å². The van der Waals surface area contributed by atoms with Crippen molar-refractivity contribution >= 4 is 41.0 Å². The quantitative estimate of drug-likeness (QED) is 0.220. The van der Waals surface area contributed by atoms with E-state index in [1.807, 2.05) is 91.0 Å². The zero-order chi connectivity index (χ0) is 20.2. The number of hydrogen-bond donors (Lipinski definition) is 0. The molecule has 0 bridgehead atoms. The molecule has 0 unspecified atom stereocenters. The van der Waals surface area contributed by atoms with Gasteiger partial charge in [0, 0.05) is 19.5 Å². The van der Waals surface area contributed by atoms with Crippen LogP contribution in [0.25, 0.3) is 0 Å². The van der Waals surface area contributed by atoms with E-state index in [4.69, 9.17) is 0 Å². The third kappa shape index (κ3) is 3.57. The van der Waals surface area contributed by atoms with Gasteiger partial charge in [-0.05, 0) is 0 Å². The molecule has 0 aliphatic carbocycles. The van der Waals surface area contributed by atoms with Gasteiger partial charge >= 0.3 is 165 Å². The molecule has 29 heavy (non-hydrogen) atoms. The number of hydrogen-bond acceptors (Lipinski definition) is 3. The molecule has 0 heterocycles. The molecule has 3 nitrogen and oxygen atoms in total. The van der Waals surface area contributed by atoms with E-state index in [1.54, 1.807) is 0 Å². The van der Waals surface area contributed by atoms with E-state index in [9.17, 15) is 14.4 Å². The van der Waals surface area contributed by atoms with Crippen molar-refractivity contribution in [3.63, 3.8) is 0 Å². The first-order valence-electron chi connectivity index (χ1n) is 9.16. The molecular formula is C24H23O3PRh. The third-order valence-corrected chi connectivity index (χ3v) is 11.1. The van der Waals surface area contributed by atoms with Gasteiger partial charge in [0.25, 0.3) is 0 Å². The van der Waals surface area contributed by atoms with Gasteiger partial charge in [0.15, 0.2) is 0 Å². The van der Waals surface area contributed by atoms with Crippen LogP contribution in [-0.4, -0.2) is 23.0 Å².